The van der Waals surface area contributed by atoms with Gasteiger partial charge in [0.25, 0.3) is 0 Å². The predicted molar refractivity (Wildman–Crippen MR) is 76.2 cm³/mol. The summed E-state index contributed by atoms with van der Waals surface area (Å²) in [4.78, 5) is 8.76. The van der Waals surface area contributed by atoms with Crippen molar-refractivity contribution in [1.82, 2.24) is 9.97 Å². The van der Waals surface area contributed by atoms with Gasteiger partial charge in [-0.05, 0) is 24.1 Å². The Morgan fingerprint density at radius 1 is 1.26 bits per heavy atom. The quantitative estimate of drug-likeness (QED) is 0.837. The summed E-state index contributed by atoms with van der Waals surface area (Å²) >= 11 is 0. The minimum absolute atomic E-state index is 0.414. The molecule has 0 amide bonds. The summed E-state index contributed by atoms with van der Waals surface area (Å²) in [5, 5.41) is 0. The molecule has 1 aromatic heterocycles. The topological polar surface area (TPSA) is 61.0 Å². The van der Waals surface area contributed by atoms with Gasteiger partial charge in [-0.25, -0.2) is 9.97 Å². The van der Waals surface area contributed by atoms with Gasteiger partial charge in [-0.2, -0.15) is 0 Å². The molecule has 100 valence electrons. The molecule has 0 atom stereocenters. The SMILES string of the molecule is CC(C)c1ccnc(CCOc2cccc(N)c2)n1. The third-order valence-corrected chi connectivity index (χ3v) is 2.77. The van der Waals surface area contributed by atoms with Crippen LogP contribution in [0.1, 0.15) is 31.3 Å². The lowest BCUT2D eigenvalue weighted by molar-refractivity contribution is 0.319. The Labute approximate surface area is 113 Å². The highest BCUT2D eigenvalue weighted by Crippen LogP contribution is 2.15. The molecule has 19 heavy (non-hydrogen) atoms. The normalized spacial score (nSPS) is 10.7. The van der Waals surface area contributed by atoms with Crippen molar-refractivity contribution in [1.29, 1.82) is 0 Å². The summed E-state index contributed by atoms with van der Waals surface area (Å²) in [5.41, 5.74) is 7.46. The summed E-state index contributed by atoms with van der Waals surface area (Å²) in [5.74, 6) is 2.01. The molecule has 1 heterocycles. The van der Waals surface area contributed by atoms with Crippen molar-refractivity contribution in [2.24, 2.45) is 0 Å². The van der Waals surface area contributed by atoms with Gasteiger partial charge in [0.1, 0.15) is 11.6 Å². The van der Waals surface area contributed by atoms with Crippen LogP contribution in [-0.2, 0) is 6.42 Å². The van der Waals surface area contributed by atoms with Gasteiger partial charge in [0.2, 0.25) is 0 Å². The van der Waals surface area contributed by atoms with Crippen LogP contribution < -0.4 is 10.5 Å². The molecule has 2 aromatic rings. The van der Waals surface area contributed by atoms with E-state index in [0.717, 1.165) is 17.3 Å². The summed E-state index contributed by atoms with van der Waals surface area (Å²) < 4.78 is 5.63. The zero-order valence-electron chi connectivity index (χ0n) is 11.3. The molecule has 0 saturated heterocycles. The number of nitrogens with two attached hydrogens (primary N) is 1. The molecule has 2 N–H and O–H groups in total. The van der Waals surface area contributed by atoms with E-state index in [4.69, 9.17) is 10.5 Å². The van der Waals surface area contributed by atoms with Gasteiger partial charge in [-0.3, -0.25) is 0 Å². The average molecular weight is 257 g/mol. The van der Waals surface area contributed by atoms with Gasteiger partial charge in [0, 0.05) is 30.1 Å². The number of nitrogens with zero attached hydrogens (tertiary/aromatic N) is 2. The average Bonchev–Trinajstić information content (AvgIpc) is 2.39. The van der Waals surface area contributed by atoms with Crippen molar-refractivity contribution in [2.45, 2.75) is 26.2 Å². The first-order valence-electron chi connectivity index (χ1n) is 6.45. The predicted octanol–water partition coefficient (Wildman–Crippen LogP) is 2.80. The minimum atomic E-state index is 0.414. The van der Waals surface area contributed by atoms with E-state index in [1.807, 2.05) is 30.3 Å². The van der Waals surface area contributed by atoms with E-state index in [9.17, 15) is 0 Å². The Morgan fingerprint density at radius 2 is 2.11 bits per heavy atom. The lowest BCUT2D eigenvalue weighted by Gasteiger charge is -2.08. The number of ether oxygens (including phenoxy) is 1. The highest BCUT2D eigenvalue weighted by molar-refractivity contribution is 5.43. The van der Waals surface area contributed by atoms with E-state index in [1.165, 1.54) is 0 Å². The van der Waals surface area contributed by atoms with Crippen LogP contribution in [0.4, 0.5) is 5.69 Å². The number of hydrogen-bond donors (Lipinski definition) is 1. The molecular weight excluding hydrogens is 238 g/mol. The molecule has 0 spiro atoms. The number of hydrogen-bond acceptors (Lipinski definition) is 4. The molecule has 1 aromatic carbocycles. The summed E-state index contributed by atoms with van der Waals surface area (Å²) in [6.07, 6.45) is 2.49. The fourth-order valence-corrected chi connectivity index (χ4v) is 1.72. The standard InChI is InChI=1S/C15H19N3O/c1-11(2)14-6-8-17-15(18-14)7-9-19-13-5-3-4-12(16)10-13/h3-6,8,10-11H,7,9,16H2,1-2H3. The van der Waals surface area contributed by atoms with Crippen molar-refractivity contribution in [3.63, 3.8) is 0 Å². The van der Waals surface area contributed by atoms with E-state index in [2.05, 4.69) is 23.8 Å². The van der Waals surface area contributed by atoms with Crippen LogP contribution in [0.15, 0.2) is 36.5 Å². The summed E-state index contributed by atoms with van der Waals surface area (Å²) in [6, 6.07) is 9.36. The Balaban J connectivity index is 1.90. The molecule has 0 aliphatic carbocycles. The first-order chi connectivity index (χ1) is 9.15. The molecule has 0 fully saturated rings. The van der Waals surface area contributed by atoms with Crippen molar-refractivity contribution in [3.8, 4) is 5.75 Å². The van der Waals surface area contributed by atoms with Gasteiger partial charge in [-0.1, -0.05) is 19.9 Å². The fourth-order valence-electron chi connectivity index (χ4n) is 1.72. The first-order valence-corrected chi connectivity index (χ1v) is 6.45. The van der Waals surface area contributed by atoms with Crippen molar-refractivity contribution in [2.75, 3.05) is 12.3 Å². The number of nitrogen functional groups attached to an aromatic ring is 1. The smallest absolute Gasteiger partial charge is 0.131 e. The summed E-state index contributed by atoms with van der Waals surface area (Å²) in [6.45, 7) is 4.79. The van der Waals surface area contributed by atoms with Crippen molar-refractivity contribution < 1.29 is 4.74 Å². The van der Waals surface area contributed by atoms with E-state index in [1.54, 1.807) is 6.20 Å². The van der Waals surface area contributed by atoms with Gasteiger partial charge >= 0.3 is 0 Å². The molecule has 0 saturated carbocycles. The second-order valence-electron chi connectivity index (χ2n) is 4.72. The molecule has 0 aliphatic heterocycles. The van der Waals surface area contributed by atoms with Crippen LogP contribution in [-0.4, -0.2) is 16.6 Å². The number of anilines is 1. The van der Waals surface area contributed by atoms with E-state index in [0.29, 0.717) is 24.6 Å². The van der Waals surface area contributed by atoms with E-state index < -0.39 is 0 Å². The molecule has 0 radical (unpaired) electrons. The number of aromatic nitrogens is 2. The van der Waals surface area contributed by atoms with Crippen LogP contribution in [0.3, 0.4) is 0 Å². The molecule has 4 nitrogen and oxygen atoms in total. The first kappa shape index (κ1) is 13.3. The highest BCUT2D eigenvalue weighted by atomic mass is 16.5. The second kappa shape index (κ2) is 6.18. The van der Waals surface area contributed by atoms with E-state index in [-0.39, 0.29) is 0 Å². The maximum Gasteiger partial charge on any atom is 0.131 e. The second-order valence-corrected chi connectivity index (χ2v) is 4.72. The molecule has 0 bridgehead atoms. The molecular formula is C15H19N3O. The Morgan fingerprint density at radius 3 is 2.84 bits per heavy atom. The van der Waals surface area contributed by atoms with Crippen molar-refractivity contribution >= 4 is 5.69 Å². The maximum atomic E-state index is 5.69. The lowest BCUT2D eigenvalue weighted by Crippen LogP contribution is -2.07. The van der Waals surface area contributed by atoms with Gasteiger partial charge in [0.05, 0.1) is 6.61 Å². The van der Waals surface area contributed by atoms with Gasteiger partial charge in [-0.15, -0.1) is 0 Å². The molecule has 0 aliphatic rings. The highest BCUT2D eigenvalue weighted by Gasteiger charge is 2.03. The van der Waals surface area contributed by atoms with Crippen molar-refractivity contribution in [3.05, 3.63) is 48.0 Å². The van der Waals surface area contributed by atoms with Crippen LogP contribution >= 0.6 is 0 Å². The third-order valence-electron chi connectivity index (χ3n) is 2.77. The molecule has 2 rings (SSSR count). The van der Waals surface area contributed by atoms with E-state index >= 15 is 0 Å². The van der Waals surface area contributed by atoms with Crippen LogP contribution in [0, 0.1) is 0 Å². The molecule has 4 heteroatoms. The van der Waals surface area contributed by atoms with Crippen LogP contribution in [0.2, 0.25) is 0 Å². The Bertz CT molecular complexity index is 540. The van der Waals surface area contributed by atoms with Crippen LogP contribution in [0.5, 0.6) is 5.75 Å². The largest absolute Gasteiger partial charge is 0.493 e. The van der Waals surface area contributed by atoms with Gasteiger partial charge in [0.15, 0.2) is 0 Å². The maximum absolute atomic E-state index is 5.69. The fraction of sp³-hybridized carbons (Fsp3) is 0.333. The van der Waals surface area contributed by atoms with Gasteiger partial charge < -0.3 is 10.5 Å². The summed E-state index contributed by atoms with van der Waals surface area (Å²) in [7, 11) is 0. The third kappa shape index (κ3) is 3.95. The minimum Gasteiger partial charge on any atom is -0.493 e. The monoisotopic (exact) mass is 257 g/mol. The zero-order valence-corrected chi connectivity index (χ0v) is 11.3. The lowest BCUT2D eigenvalue weighted by atomic mass is 10.1. The Kier molecular flexibility index (Phi) is 4.34. The number of benzene rings is 1. The zero-order chi connectivity index (χ0) is 13.7. The van der Waals surface area contributed by atoms with Crippen LogP contribution in [0.25, 0.3) is 0 Å². The Hall–Kier alpha value is -2.10. The molecule has 0 unspecified atom stereocenters. The number of rotatable bonds is 5.